The molecule has 1 amide bonds. The number of rotatable bonds is 0. The number of nitrogens with one attached hydrogen (secondary N) is 1. The third-order valence-corrected chi connectivity index (χ3v) is 0.294. The Kier molecular flexibility index (Phi) is 1.95. The minimum atomic E-state index is -1.13. The van der Waals surface area contributed by atoms with Gasteiger partial charge < -0.3 is 0 Å². The molecule has 4 heteroatoms. The van der Waals surface area contributed by atoms with E-state index in [-0.39, 0.29) is 0 Å². The van der Waals surface area contributed by atoms with Crippen LogP contribution in [0.25, 0.3) is 0 Å². The summed E-state index contributed by atoms with van der Waals surface area (Å²) < 4.78 is 1.63. The number of carbonyl (C=O) groups is 1. The topological polar surface area (TPSA) is 49.3 Å². The molecule has 0 aliphatic carbocycles. The molecule has 0 rings (SSSR count). The predicted molar refractivity (Wildman–Crippen MR) is 11.2 cm³/mol. The molecule has 0 unspecified atom stereocenters. The van der Waals surface area contributed by atoms with Crippen LogP contribution in [0.2, 0.25) is 0 Å². The van der Waals surface area contributed by atoms with E-state index in [1.54, 1.807) is 4.37 Å². The zero-order valence-corrected chi connectivity index (χ0v) is 3.23. The van der Waals surface area contributed by atoms with Crippen molar-refractivity contribution in [2.45, 2.75) is 0 Å². The summed E-state index contributed by atoms with van der Waals surface area (Å²) in [7, 11) is 0. The van der Waals surface area contributed by atoms with Crippen LogP contribution in [-0.2, 0) is 16.0 Å². The van der Waals surface area contributed by atoms with Crippen molar-refractivity contribution in [2.75, 3.05) is 0 Å². The van der Waals surface area contributed by atoms with Gasteiger partial charge in [-0.2, -0.15) is 0 Å². The van der Waals surface area contributed by atoms with Gasteiger partial charge in [0.25, 0.3) is 0 Å². The molecule has 0 radical (unpaired) electrons. The Balaban J connectivity index is 2.85. The number of carboxylic acid groups (broad SMARTS) is 1. The molecule has 2 N–H and O–H groups in total. The summed E-state index contributed by atoms with van der Waals surface area (Å²) in [5.74, 6) is 0. The van der Waals surface area contributed by atoms with Crippen LogP contribution >= 0.6 is 0 Å². The van der Waals surface area contributed by atoms with E-state index in [4.69, 9.17) is 5.11 Å². The van der Waals surface area contributed by atoms with E-state index in [1.165, 1.54) is 0 Å². The van der Waals surface area contributed by atoms with Gasteiger partial charge >= 0.3 is 36.3 Å². The van der Waals surface area contributed by atoms with Gasteiger partial charge in [0, 0.05) is 0 Å². The molecular formula is CH2CoNO2. The van der Waals surface area contributed by atoms with Crippen LogP contribution in [0, 0.1) is 0 Å². The van der Waals surface area contributed by atoms with Crippen LogP contribution in [0.4, 0.5) is 4.79 Å². The van der Waals surface area contributed by atoms with Crippen molar-refractivity contribution in [2.24, 2.45) is 0 Å². The average molecular weight is 119 g/mol. The maximum atomic E-state index is 9.18. The molecule has 0 heterocycles. The van der Waals surface area contributed by atoms with Gasteiger partial charge in [-0.1, -0.05) is 0 Å². The molecule has 0 atom stereocenters. The van der Waals surface area contributed by atoms with Gasteiger partial charge in [-0.25, -0.2) is 0 Å². The zero-order valence-electron chi connectivity index (χ0n) is 2.19. The first-order chi connectivity index (χ1) is 2.27. The molecule has 5 heavy (non-hydrogen) atoms. The fourth-order valence-electron chi connectivity index (χ4n) is 0. The third kappa shape index (κ3) is 3.78. The second-order valence-corrected chi connectivity index (χ2v) is 0.649. The van der Waals surface area contributed by atoms with Gasteiger partial charge in [0.1, 0.15) is 0 Å². The first-order valence-electron chi connectivity index (χ1n) is 0.844. The first kappa shape index (κ1) is 4.78. The standard InChI is InChI=1S/CH2NO2.Co/c2-1(3)4;/h2H,(H,3,4);/q-1;+1. The molecule has 0 saturated heterocycles. The van der Waals surface area contributed by atoms with E-state index in [9.17, 15) is 4.79 Å². The Labute approximate surface area is 37.2 Å². The van der Waals surface area contributed by atoms with E-state index >= 15 is 0 Å². The van der Waals surface area contributed by atoms with Crippen LogP contribution in [0.15, 0.2) is 0 Å². The zero-order chi connectivity index (χ0) is 4.28. The Morgan fingerprint density at radius 1 is 2.00 bits per heavy atom. The van der Waals surface area contributed by atoms with Crippen molar-refractivity contribution in [1.82, 2.24) is 4.37 Å². The molecule has 32 valence electrons. The normalized spacial score (nSPS) is 6.80. The summed E-state index contributed by atoms with van der Waals surface area (Å²) in [5, 5.41) is 7.53. The molecule has 0 saturated carbocycles. The van der Waals surface area contributed by atoms with Gasteiger partial charge in [0.2, 0.25) is 0 Å². The van der Waals surface area contributed by atoms with E-state index in [0.717, 1.165) is 0 Å². The van der Waals surface area contributed by atoms with Crippen molar-refractivity contribution < 1.29 is 25.9 Å². The average Bonchev–Trinajstić information content (AvgIpc) is 1.38. The maximum absolute atomic E-state index is 9.18. The predicted octanol–water partition coefficient (Wildman–Crippen LogP) is -0.284. The monoisotopic (exact) mass is 119 g/mol. The number of hydrogen-bond donors (Lipinski definition) is 2. The van der Waals surface area contributed by atoms with E-state index in [0.29, 0.717) is 0 Å². The molecular weight excluding hydrogens is 117 g/mol. The van der Waals surface area contributed by atoms with Gasteiger partial charge in [-0.15, -0.1) is 0 Å². The van der Waals surface area contributed by atoms with Crippen LogP contribution in [0.5, 0.6) is 0 Å². The molecule has 0 aromatic heterocycles. The Bertz CT molecular complexity index is 44.9. The third-order valence-electron chi connectivity index (χ3n) is 0.0713. The van der Waals surface area contributed by atoms with Crippen molar-refractivity contribution in [1.29, 1.82) is 0 Å². The van der Waals surface area contributed by atoms with Crippen LogP contribution in [0.1, 0.15) is 0 Å². The van der Waals surface area contributed by atoms with Gasteiger partial charge in [0.05, 0.1) is 0 Å². The molecule has 0 aromatic carbocycles. The summed E-state index contributed by atoms with van der Waals surface area (Å²) in [4.78, 5) is 9.18. The summed E-state index contributed by atoms with van der Waals surface area (Å²) in [5.41, 5.74) is 0. The summed E-state index contributed by atoms with van der Waals surface area (Å²) in [6, 6.07) is 0. The SMILES string of the molecule is O=C(O)[NH][Co]. The summed E-state index contributed by atoms with van der Waals surface area (Å²) >= 11 is 3.21. The fraction of sp³-hybridized carbons (Fsp3) is 0. The molecule has 3 nitrogen and oxygen atoms in total. The van der Waals surface area contributed by atoms with E-state index in [1.807, 2.05) is 0 Å². The van der Waals surface area contributed by atoms with Gasteiger partial charge in [-0.3, -0.25) is 0 Å². The Hall–Kier alpha value is -0.224. The second-order valence-electron chi connectivity index (χ2n) is 0.388. The quantitative estimate of drug-likeness (QED) is 0.460. The van der Waals surface area contributed by atoms with Crippen molar-refractivity contribution in [3.8, 4) is 0 Å². The van der Waals surface area contributed by atoms with Crippen molar-refractivity contribution >= 4 is 6.09 Å². The molecule has 0 spiro atoms. The Morgan fingerprint density at radius 3 is 2.20 bits per heavy atom. The molecule has 0 fully saturated rings. The molecule has 0 aromatic rings. The first-order valence-corrected chi connectivity index (χ1v) is 1.36. The van der Waals surface area contributed by atoms with Crippen LogP contribution in [-0.4, -0.2) is 11.2 Å². The Morgan fingerprint density at radius 2 is 2.20 bits per heavy atom. The van der Waals surface area contributed by atoms with Crippen LogP contribution in [0.3, 0.4) is 0 Å². The molecule has 0 bridgehead atoms. The molecule has 0 aliphatic heterocycles. The van der Waals surface area contributed by atoms with E-state index < -0.39 is 6.09 Å². The number of hydrogen-bond acceptors (Lipinski definition) is 1. The summed E-state index contributed by atoms with van der Waals surface area (Å²) in [6.07, 6.45) is -1.13. The van der Waals surface area contributed by atoms with Crippen molar-refractivity contribution in [3.63, 3.8) is 0 Å². The van der Waals surface area contributed by atoms with Gasteiger partial charge in [-0.05, 0) is 0 Å². The fourth-order valence-corrected chi connectivity index (χ4v) is 0. The van der Waals surface area contributed by atoms with Gasteiger partial charge in [0.15, 0.2) is 0 Å². The summed E-state index contributed by atoms with van der Waals surface area (Å²) in [6.45, 7) is 0. The van der Waals surface area contributed by atoms with E-state index in [2.05, 4.69) is 16.0 Å². The van der Waals surface area contributed by atoms with Crippen LogP contribution < -0.4 is 4.37 Å². The van der Waals surface area contributed by atoms with Crippen molar-refractivity contribution in [3.05, 3.63) is 0 Å². The number of amides is 1. The second kappa shape index (κ2) is 2.04. The minimum absolute atomic E-state index is 1.13. The molecule has 0 aliphatic rings.